The standard InChI is InChI=1S/C25H20N2O2/c28-24-12-6-4-10-21(24)17-27-23-11-5-3-9-20(23)15-26-16-22-13-18-7-1-2-8-19(18)14-25(22)29/h1-14,16-17,28-29H,15H2. The van der Waals surface area contributed by atoms with Gasteiger partial charge in [0.1, 0.15) is 11.5 Å². The Labute approximate surface area is 169 Å². The van der Waals surface area contributed by atoms with Crippen molar-refractivity contribution < 1.29 is 10.2 Å². The smallest absolute Gasteiger partial charge is 0.124 e. The minimum atomic E-state index is 0.193. The third-order valence-electron chi connectivity index (χ3n) is 4.66. The summed E-state index contributed by atoms with van der Waals surface area (Å²) in [6.45, 7) is 0.431. The number of para-hydroxylation sites is 2. The molecule has 0 heterocycles. The summed E-state index contributed by atoms with van der Waals surface area (Å²) in [5.74, 6) is 0.400. The number of phenols is 2. The lowest BCUT2D eigenvalue weighted by Gasteiger charge is -2.04. The van der Waals surface area contributed by atoms with Crippen molar-refractivity contribution in [1.82, 2.24) is 0 Å². The average Bonchev–Trinajstić information content (AvgIpc) is 2.74. The van der Waals surface area contributed by atoms with Gasteiger partial charge >= 0.3 is 0 Å². The zero-order chi connectivity index (χ0) is 20.1. The van der Waals surface area contributed by atoms with Crippen molar-refractivity contribution in [3.63, 3.8) is 0 Å². The second-order valence-electron chi connectivity index (χ2n) is 6.67. The van der Waals surface area contributed by atoms with Crippen molar-refractivity contribution >= 4 is 28.9 Å². The van der Waals surface area contributed by atoms with E-state index in [1.807, 2.05) is 66.7 Å². The van der Waals surface area contributed by atoms with Gasteiger partial charge in [-0.3, -0.25) is 9.98 Å². The van der Waals surface area contributed by atoms with Crippen molar-refractivity contribution in [3.05, 3.63) is 102 Å². The van der Waals surface area contributed by atoms with Crippen molar-refractivity contribution in [2.24, 2.45) is 9.98 Å². The third kappa shape index (κ3) is 4.33. The molecule has 4 aromatic rings. The van der Waals surface area contributed by atoms with Gasteiger partial charge in [0.15, 0.2) is 0 Å². The highest BCUT2D eigenvalue weighted by atomic mass is 16.3. The summed E-state index contributed by atoms with van der Waals surface area (Å²) in [5.41, 5.74) is 3.08. The molecule has 0 saturated carbocycles. The molecule has 0 saturated heterocycles. The zero-order valence-corrected chi connectivity index (χ0v) is 15.7. The number of nitrogens with zero attached hydrogens (tertiary/aromatic N) is 2. The Kier molecular flexibility index (Phi) is 5.34. The van der Waals surface area contributed by atoms with Crippen LogP contribution in [0.1, 0.15) is 16.7 Å². The number of benzene rings is 4. The van der Waals surface area contributed by atoms with Crippen molar-refractivity contribution in [3.8, 4) is 11.5 Å². The van der Waals surface area contributed by atoms with Crippen LogP contribution >= 0.6 is 0 Å². The molecule has 0 spiro atoms. The highest BCUT2D eigenvalue weighted by Crippen LogP contribution is 2.25. The van der Waals surface area contributed by atoms with E-state index in [9.17, 15) is 10.2 Å². The van der Waals surface area contributed by atoms with Crippen molar-refractivity contribution in [1.29, 1.82) is 0 Å². The van der Waals surface area contributed by atoms with Gasteiger partial charge in [-0.1, -0.05) is 54.6 Å². The lowest BCUT2D eigenvalue weighted by molar-refractivity contribution is 0.474. The van der Waals surface area contributed by atoms with Crippen LogP contribution in [0.4, 0.5) is 5.69 Å². The maximum absolute atomic E-state index is 10.3. The topological polar surface area (TPSA) is 65.2 Å². The maximum Gasteiger partial charge on any atom is 0.124 e. The van der Waals surface area contributed by atoms with Gasteiger partial charge in [-0.25, -0.2) is 0 Å². The van der Waals surface area contributed by atoms with Crippen LogP contribution < -0.4 is 0 Å². The maximum atomic E-state index is 10.3. The summed E-state index contributed by atoms with van der Waals surface area (Å²) < 4.78 is 0. The van der Waals surface area contributed by atoms with Crippen LogP contribution in [0.25, 0.3) is 10.8 Å². The molecule has 4 heteroatoms. The predicted molar refractivity (Wildman–Crippen MR) is 119 cm³/mol. The molecule has 0 aromatic heterocycles. The van der Waals surface area contributed by atoms with E-state index < -0.39 is 0 Å². The number of hydrogen-bond donors (Lipinski definition) is 2. The van der Waals surface area contributed by atoms with Gasteiger partial charge < -0.3 is 10.2 Å². The quantitative estimate of drug-likeness (QED) is 0.441. The Morgan fingerprint density at radius 2 is 1.34 bits per heavy atom. The monoisotopic (exact) mass is 380 g/mol. The molecule has 0 aliphatic rings. The first-order valence-electron chi connectivity index (χ1n) is 9.32. The molecule has 0 bridgehead atoms. The molecule has 4 rings (SSSR count). The lowest BCUT2D eigenvalue weighted by Crippen LogP contribution is -1.88. The zero-order valence-electron chi connectivity index (χ0n) is 15.7. The second-order valence-corrected chi connectivity index (χ2v) is 6.67. The first-order chi connectivity index (χ1) is 14.2. The summed E-state index contributed by atoms with van der Waals surface area (Å²) in [7, 11) is 0. The van der Waals surface area contributed by atoms with Crippen LogP contribution in [0.3, 0.4) is 0 Å². The molecule has 4 aromatic carbocycles. The Balaban J connectivity index is 1.55. The normalized spacial score (nSPS) is 11.6. The van der Waals surface area contributed by atoms with E-state index in [-0.39, 0.29) is 11.5 Å². The van der Waals surface area contributed by atoms with Gasteiger partial charge in [0.05, 0.1) is 12.2 Å². The van der Waals surface area contributed by atoms with E-state index in [0.717, 1.165) is 22.0 Å². The highest BCUT2D eigenvalue weighted by molar-refractivity contribution is 5.93. The van der Waals surface area contributed by atoms with Crippen LogP contribution in [-0.2, 0) is 6.54 Å². The van der Waals surface area contributed by atoms with Crippen LogP contribution in [0.5, 0.6) is 11.5 Å². The van der Waals surface area contributed by atoms with Crippen LogP contribution in [0, 0.1) is 0 Å². The molecule has 0 fully saturated rings. The van der Waals surface area contributed by atoms with E-state index in [0.29, 0.717) is 17.7 Å². The molecule has 0 amide bonds. The number of rotatable bonds is 5. The Morgan fingerprint density at radius 1 is 0.655 bits per heavy atom. The fourth-order valence-corrected chi connectivity index (χ4v) is 3.10. The molecule has 142 valence electrons. The van der Waals surface area contributed by atoms with Gasteiger partial charge in [-0.05, 0) is 46.7 Å². The SMILES string of the molecule is Oc1ccccc1C=Nc1ccccc1CN=Cc1cc2ccccc2cc1O. The second kappa shape index (κ2) is 8.40. The van der Waals surface area contributed by atoms with E-state index in [2.05, 4.69) is 9.98 Å². The van der Waals surface area contributed by atoms with Crippen LogP contribution in [0.15, 0.2) is 94.9 Å². The van der Waals surface area contributed by atoms with Gasteiger partial charge in [-0.15, -0.1) is 0 Å². The predicted octanol–water partition coefficient (Wildman–Crippen LogP) is 5.62. The lowest BCUT2D eigenvalue weighted by atomic mass is 10.1. The number of phenolic OH excluding ortho intramolecular Hbond substituents is 2. The number of fused-ring (bicyclic) bond motifs is 1. The summed E-state index contributed by atoms with van der Waals surface area (Å²) in [4.78, 5) is 9.02. The van der Waals surface area contributed by atoms with Gasteiger partial charge in [0.2, 0.25) is 0 Å². The molecule has 0 unspecified atom stereocenters. The molecule has 0 radical (unpaired) electrons. The molecule has 29 heavy (non-hydrogen) atoms. The van der Waals surface area contributed by atoms with Crippen LogP contribution in [-0.4, -0.2) is 22.6 Å². The number of hydrogen-bond acceptors (Lipinski definition) is 4. The third-order valence-corrected chi connectivity index (χ3v) is 4.66. The van der Waals surface area contributed by atoms with Gasteiger partial charge in [0, 0.05) is 23.6 Å². The van der Waals surface area contributed by atoms with E-state index in [1.54, 1.807) is 30.6 Å². The Bertz CT molecular complexity index is 1210. The fourth-order valence-electron chi connectivity index (χ4n) is 3.10. The van der Waals surface area contributed by atoms with E-state index in [4.69, 9.17) is 0 Å². The summed E-state index contributed by atoms with van der Waals surface area (Å²) in [5, 5.41) is 22.2. The minimum absolute atomic E-state index is 0.193. The first-order valence-corrected chi connectivity index (χ1v) is 9.32. The van der Waals surface area contributed by atoms with Gasteiger partial charge in [0.25, 0.3) is 0 Å². The largest absolute Gasteiger partial charge is 0.507 e. The first kappa shape index (κ1) is 18.4. The molecule has 0 atom stereocenters. The van der Waals surface area contributed by atoms with Crippen LogP contribution in [0.2, 0.25) is 0 Å². The van der Waals surface area contributed by atoms with Crippen molar-refractivity contribution in [2.75, 3.05) is 0 Å². The fraction of sp³-hybridized carbons (Fsp3) is 0.0400. The summed E-state index contributed by atoms with van der Waals surface area (Å²) in [6, 6.07) is 26.4. The molecule has 0 aliphatic heterocycles. The van der Waals surface area contributed by atoms with Crippen molar-refractivity contribution in [2.45, 2.75) is 6.54 Å². The average molecular weight is 380 g/mol. The minimum Gasteiger partial charge on any atom is -0.507 e. The molecule has 2 N–H and O–H groups in total. The van der Waals surface area contributed by atoms with Gasteiger partial charge in [-0.2, -0.15) is 0 Å². The molecule has 0 aliphatic carbocycles. The highest BCUT2D eigenvalue weighted by Gasteiger charge is 2.03. The van der Waals surface area contributed by atoms with E-state index in [1.165, 1.54) is 0 Å². The summed E-state index contributed by atoms with van der Waals surface area (Å²) >= 11 is 0. The molecule has 4 nitrogen and oxygen atoms in total. The number of aromatic hydroxyl groups is 2. The van der Waals surface area contributed by atoms with E-state index >= 15 is 0 Å². The molecular formula is C25H20N2O2. The molecular weight excluding hydrogens is 360 g/mol. The Hall–Kier alpha value is -3.92. The summed E-state index contributed by atoms with van der Waals surface area (Å²) in [6.07, 6.45) is 3.33. The number of aliphatic imine (C=N–C) groups is 2. The Morgan fingerprint density at radius 3 is 2.17 bits per heavy atom.